The average molecular weight is 230 g/mol. The third-order valence-electron chi connectivity index (χ3n) is 2.74. The summed E-state index contributed by atoms with van der Waals surface area (Å²) in [6.45, 7) is 2.13. The van der Waals surface area contributed by atoms with Gasteiger partial charge in [0.15, 0.2) is 5.82 Å². The molecule has 2 rings (SSSR count). The molecule has 0 atom stereocenters. The number of hydrogen-bond acceptors (Lipinski definition) is 3. The monoisotopic (exact) mass is 230 g/mol. The Morgan fingerprint density at radius 2 is 2.00 bits per heavy atom. The Balaban J connectivity index is 1.95. The van der Waals surface area contributed by atoms with Gasteiger partial charge in [0.05, 0.1) is 0 Å². The van der Waals surface area contributed by atoms with E-state index in [-0.39, 0.29) is 0 Å². The molecule has 0 aliphatic carbocycles. The maximum atomic E-state index is 5.89. The maximum Gasteiger partial charge on any atom is 0.151 e. The van der Waals surface area contributed by atoms with Crippen LogP contribution in [0.15, 0.2) is 24.3 Å². The zero-order valence-corrected chi connectivity index (χ0v) is 10.1. The van der Waals surface area contributed by atoms with Gasteiger partial charge >= 0.3 is 0 Å². The van der Waals surface area contributed by atoms with Crippen LogP contribution in [0.3, 0.4) is 0 Å². The van der Waals surface area contributed by atoms with Crippen LogP contribution in [0.25, 0.3) is 0 Å². The molecule has 3 N–H and O–H groups in total. The van der Waals surface area contributed by atoms with Gasteiger partial charge in [-0.2, -0.15) is 5.10 Å². The molecule has 4 nitrogen and oxygen atoms in total. The summed E-state index contributed by atoms with van der Waals surface area (Å²) in [5, 5.41) is 7.17. The summed E-state index contributed by atoms with van der Waals surface area (Å²) in [4.78, 5) is 4.44. The second-order valence-corrected chi connectivity index (χ2v) is 4.15. The van der Waals surface area contributed by atoms with E-state index in [0.717, 1.165) is 48.6 Å². The van der Waals surface area contributed by atoms with Crippen molar-refractivity contribution in [3.8, 4) is 0 Å². The number of nitrogens with two attached hydrogens (primary N) is 1. The summed E-state index contributed by atoms with van der Waals surface area (Å²) in [5.74, 6) is 1.85. The summed E-state index contributed by atoms with van der Waals surface area (Å²) in [7, 11) is 0. The molecule has 0 fully saturated rings. The van der Waals surface area contributed by atoms with Crippen molar-refractivity contribution >= 4 is 5.69 Å². The van der Waals surface area contributed by atoms with Gasteiger partial charge in [-0.05, 0) is 24.5 Å². The Kier molecular flexibility index (Phi) is 3.75. The maximum absolute atomic E-state index is 5.89. The normalized spacial score (nSPS) is 10.6. The van der Waals surface area contributed by atoms with Crippen LogP contribution in [0.2, 0.25) is 0 Å². The van der Waals surface area contributed by atoms with Crippen molar-refractivity contribution in [3.63, 3.8) is 0 Å². The fourth-order valence-corrected chi connectivity index (χ4v) is 1.80. The zero-order chi connectivity index (χ0) is 12.1. The topological polar surface area (TPSA) is 67.6 Å². The van der Waals surface area contributed by atoms with Gasteiger partial charge in [0.25, 0.3) is 0 Å². The largest absolute Gasteiger partial charge is 0.399 e. The smallest absolute Gasteiger partial charge is 0.151 e. The summed E-state index contributed by atoms with van der Waals surface area (Å²) in [6, 6.07) is 7.93. The van der Waals surface area contributed by atoms with E-state index in [9.17, 15) is 0 Å². The fraction of sp³-hybridized carbons (Fsp3) is 0.385. The lowest BCUT2D eigenvalue weighted by Crippen LogP contribution is -1.98. The predicted molar refractivity (Wildman–Crippen MR) is 68.6 cm³/mol. The Bertz CT molecular complexity index is 476. The molecule has 0 unspecified atom stereocenters. The van der Waals surface area contributed by atoms with E-state index in [4.69, 9.17) is 5.73 Å². The first-order chi connectivity index (χ1) is 8.29. The van der Waals surface area contributed by atoms with E-state index in [0.29, 0.717) is 0 Å². The number of hydrogen-bond donors (Lipinski definition) is 2. The van der Waals surface area contributed by atoms with E-state index < -0.39 is 0 Å². The highest BCUT2D eigenvalue weighted by molar-refractivity contribution is 5.46. The number of rotatable bonds is 5. The number of nitrogen functional groups attached to an aromatic ring is 1. The zero-order valence-electron chi connectivity index (χ0n) is 10.1. The minimum atomic E-state index is 0.828. The second-order valence-electron chi connectivity index (χ2n) is 4.15. The van der Waals surface area contributed by atoms with Gasteiger partial charge in [-0.15, -0.1) is 0 Å². The van der Waals surface area contributed by atoms with Crippen molar-refractivity contribution in [2.45, 2.75) is 32.6 Å². The number of anilines is 1. The van der Waals surface area contributed by atoms with Crippen molar-refractivity contribution in [1.82, 2.24) is 15.2 Å². The molecule has 17 heavy (non-hydrogen) atoms. The average Bonchev–Trinajstić information content (AvgIpc) is 2.76. The van der Waals surface area contributed by atoms with Gasteiger partial charge < -0.3 is 5.73 Å². The van der Waals surface area contributed by atoms with Crippen molar-refractivity contribution in [3.05, 3.63) is 41.5 Å². The van der Waals surface area contributed by atoms with Crippen LogP contribution in [-0.4, -0.2) is 15.2 Å². The van der Waals surface area contributed by atoms with Crippen molar-refractivity contribution < 1.29 is 0 Å². The molecule has 0 amide bonds. The van der Waals surface area contributed by atoms with Crippen LogP contribution in [0, 0.1) is 0 Å². The molecule has 4 heteroatoms. The summed E-state index contributed by atoms with van der Waals surface area (Å²) in [5.41, 5.74) is 7.89. The summed E-state index contributed by atoms with van der Waals surface area (Å²) >= 11 is 0. The molecule has 0 radical (unpaired) electrons. The third kappa shape index (κ3) is 3.06. The first kappa shape index (κ1) is 11.6. The Labute approximate surface area is 101 Å². The Morgan fingerprint density at radius 3 is 2.76 bits per heavy atom. The Hall–Kier alpha value is -1.84. The first-order valence-corrected chi connectivity index (χ1v) is 6.03. The van der Waals surface area contributed by atoms with Gasteiger partial charge in [-0.1, -0.05) is 25.1 Å². The molecule has 0 aliphatic heterocycles. The standard InChI is InChI=1S/C13H18N4/c1-2-5-12-15-13(17-16-12)9-8-10-6-3-4-7-11(10)14/h3-4,6-7H,2,5,8-9,14H2,1H3,(H,15,16,17). The van der Waals surface area contributed by atoms with Crippen molar-refractivity contribution in [2.75, 3.05) is 5.73 Å². The van der Waals surface area contributed by atoms with Gasteiger partial charge in [0.2, 0.25) is 0 Å². The third-order valence-corrected chi connectivity index (χ3v) is 2.74. The van der Waals surface area contributed by atoms with Crippen LogP contribution in [0.1, 0.15) is 30.6 Å². The van der Waals surface area contributed by atoms with Crippen LogP contribution < -0.4 is 5.73 Å². The number of benzene rings is 1. The highest BCUT2D eigenvalue weighted by Gasteiger charge is 2.04. The first-order valence-electron chi connectivity index (χ1n) is 6.03. The number of aromatic amines is 1. The van der Waals surface area contributed by atoms with Gasteiger partial charge in [0, 0.05) is 18.5 Å². The SMILES string of the molecule is CCCc1nc(CCc2ccccc2N)n[nH]1. The molecule has 2 aromatic rings. The molecule has 0 bridgehead atoms. The van der Waals surface area contributed by atoms with Gasteiger partial charge in [-0.3, -0.25) is 5.10 Å². The van der Waals surface area contributed by atoms with Gasteiger partial charge in [0.1, 0.15) is 5.82 Å². The molecule has 1 aromatic carbocycles. The van der Waals surface area contributed by atoms with E-state index in [1.165, 1.54) is 0 Å². The lowest BCUT2D eigenvalue weighted by atomic mass is 10.1. The molecule has 0 spiro atoms. The molecule has 0 aliphatic rings. The molecule has 1 heterocycles. The molecule has 1 aromatic heterocycles. The van der Waals surface area contributed by atoms with Crippen molar-refractivity contribution in [2.24, 2.45) is 0 Å². The van der Waals surface area contributed by atoms with Crippen LogP contribution in [-0.2, 0) is 19.3 Å². The number of nitrogens with one attached hydrogen (secondary N) is 1. The molecule has 90 valence electrons. The molecule has 0 saturated carbocycles. The van der Waals surface area contributed by atoms with Crippen LogP contribution in [0.5, 0.6) is 0 Å². The molecule has 0 saturated heterocycles. The number of para-hydroxylation sites is 1. The van der Waals surface area contributed by atoms with Crippen LogP contribution >= 0.6 is 0 Å². The number of H-pyrrole nitrogens is 1. The Morgan fingerprint density at radius 1 is 1.18 bits per heavy atom. The van der Waals surface area contributed by atoms with E-state index >= 15 is 0 Å². The number of nitrogens with zero attached hydrogens (tertiary/aromatic N) is 2. The van der Waals surface area contributed by atoms with Crippen molar-refractivity contribution in [1.29, 1.82) is 0 Å². The number of aromatic nitrogens is 3. The quantitative estimate of drug-likeness (QED) is 0.773. The molecular weight excluding hydrogens is 212 g/mol. The summed E-state index contributed by atoms with van der Waals surface area (Å²) < 4.78 is 0. The lowest BCUT2D eigenvalue weighted by molar-refractivity contribution is 0.840. The second kappa shape index (κ2) is 5.48. The highest BCUT2D eigenvalue weighted by Crippen LogP contribution is 2.12. The highest BCUT2D eigenvalue weighted by atomic mass is 15.2. The molecular formula is C13H18N4. The van der Waals surface area contributed by atoms with E-state index in [1.807, 2.05) is 18.2 Å². The lowest BCUT2D eigenvalue weighted by Gasteiger charge is -2.02. The number of aryl methyl sites for hydroxylation is 3. The fourth-order valence-electron chi connectivity index (χ4n) is 1.80. The van der Waals surface area contributed by atoms with Crippen LogP contribution in [0.4, 0.5) is 5.69 Å². The predicted octanol–water partition coefficient (Wildman–Crippen LogP) is 2.12. The summed E-state index contributed by atoms with van der Waals surface area (Å²) in [6.07, 6.45) is 3.76. The van der Waals surface area contributed by atoms with E-state index in [2.05, 4.69) is 28.2 Å². The van der Waals surface area contributed by atoms with E-state index in [1.54, 1.807) is 0 Å². The minimum absolute atomic E-state index is 0.828. The van der Waals surface area contributed by atoms with Gasteiger partial charge in [-0.25, -0.2) is 4.98 Å². The minimum Gasteiger partial charge on any atom is -0.399 e.